The fourth-order valence-electron chi connectivity index (χ4n) is 6.87. The van der Waals surface area contributed by atoms with E-state index in [1.54, 1.807) is 0 Å². The molecule has 41 heavy (non-hydrogen) atoms. The number of aromatic nitrogens is 2. The zero-order valence-corrected chi connectivity index (χ0v) is 21.8. The Kier molecular flexibility index (Phi) is 3.95. The molecule has 0 atom stereocenters. The molecule has 0 radical (unpaired) electrons. The van der Waals surface area contributed by atoms with Gasteiger partial charge in [0.15, 0.2) is 0 Å². The third-order valence-corrected chi connectivity index (χ3v) is 8.64. The molecule has 5 heterocycles. The van der Waals surface area contributed by atoms with Gasteiger partial charge in [-0.1, -0.05) is 72.8 Å². The molecule has 0 spiro atoms. The van der Waals surface area contributed by atoms with Crippen molar-refractivity contribution in [2.45, 2.75) is 0 Å². The molecule has 0 aliphatic carbocycles. The van der Waals surface area contributed by atoms with Crippen LogP contribution in [0.2, 0.25) is 0 Å². The second-order valence-corrected chi connectivity index (χ2v) is 10.8. The Morgan fingerprint density at radius 3 is 2.12 bits per heavy atom. The summed E-state index contributed by atoms with van der Waals surface area (Å²) in [6.07, 6.45) is 1.99. The van der Waals surface area contributed by atoms with Gasteiger partial charge in [-0.05, 0) is 42.0 Å². The Bertz CT molecular complexity index is 2330. The topological polar surface area (TPSA) is 43.4 Å². The zero-order valence-electron chi connectivity index (χ0n) is 21.8. The quantitative estimate of drug-likeness (QED) is 0.204. The number of anilines is 2. The van der Waals surface area contributed by atoms with Gasteiger partial charge in [0.1, 0.15) is 22.7 Å². The minimum Gasteiger partial charge on any atom is -0.536 e. The van der Waals surface area contributed by atoms with Crippen LogP contribution < -0.4 is 14.9 Å². The van der Waals surface area contributed by atoms with Crippen molar-refractivity contribution in [2.24, 2.45) is 0 Å². The predicted molar refractivity (Wildman–Crippen MR) is 166 cm³/mol. The van der Waals surface area contributed by atoms with E-state index in [4.69, 9.17) is 14.1 Å². The first-order valence-corrected chi connectivity index (χ1v) is 13.8. The fraction of sp³-hybridized carbons (Fsp3) is 0. The third-order valence-electron chi connectivity index (χ3n) is 8.64. The second-order valence-electron chi connectivity index (χ2n) is 10.8. The van der Waals surface area contributed by atoms with Gasteiger partial charge in [0.2, 0.25) is 0 Å². The predicted octanol–water partition coefficient (Wildman–Crippen LogP) is 7.98. The van der Waals surface area contributed by atoms with Crippen molar-refractivity contribution in [3.05, 3.63) is 121 Å². The van der Waals surface area contributed by atoms with E-state index in [0.717, 1.165) is 72.5 Å². The second kappa shape index (κ2) is 7.58. The normalized spacial score (nSPS) is 13.5. The summed E-state index contributed by atoms with van der Waals surface area (Å²) in [6, 6.07) is 40.3. The number of pyridine rings is 1. The number of para-hydroxylation sites is 4. The molecule has 0 bridgehead atoms. The van der Waals surface area contributed by atoms with E-state index < -0.39 is 0 Å². The molecule has 5 aromatic carbocycles. The van der Waals surface area contributed by atoms with E-state index in [-0.39, 0.29) is 7.05 Å². The van der Waals surface area contributed by atoms with E-state index in [1.807, 2.05) is 24.4 Å². The largest absolute Gasteiger partial charge is 0.536 e. The molecule has 3 aromatic heterocycles. The van der Waals surface area contributed by atoms with E-state index in [2.05, 4.69) is 106 Å². The van der Waals surface area contributed by atoms with Gasteiger partial charge in [-0.25, -0.2) is 4.98 Å². The number of nitrogens with zero attached hydrogens (tertiary/aromatic N) is 3. The lowest BCUT2D eigenvalue weighted by Crippen LogP contribution is -2.50. The van der Waals surface area contributed by atoms with Crippen molar-refractivity contribution in [1.29, 1.82) is 0 Å². The summed E-state index contributed by atoms with van der Waals surface area (Å²) in [6.45, 7) is 0. The average molecular weight is 525 g/mol. The summed E-state index contributed by atoms with van der Waals surface area (Å²) in [4.78, 5) is 7.36. The minimum atomic E-state index is -0.313. The van der Waals surface area contributed by atoms with Crippen LogP contribution in [-0.4, -0.2) is 16.6 Å². The number of rotatable bonds is 1. The van der Waals surface area contributed by atoms with Crippen LogP contribution in [0, 0.1) is 0 Å². The van der Waals surface area contributed by atoms with Crippen LogP contribution in [0.25, 0.3) is 60.7 Å². The van der Waals surface area contributed by atoms with Crippen LogP contribution in [0.5, 0.6) is 5.75 Å². The summed E-state index contributed by atoms with van der Waals surface area (Å²) < 4.78 is 15.1. The summed E-state index contributed by atoms with van der Waals surface area (Å²) in [5.74, 6) is 1.71. The Labute approximate surface area is 235 Å². The first-order valence-electron chi connectivity index (χ1n) is 13.8. The van der Waals surface area contributed by atoms with E-state index in [0.29, 0.717) is 0 Å². The van der Waals surface area contributed by atoms with Gasteiger partial charge in [0.05, 0.1) is 16.7 Å². The van der Waals surface area contributed by atoms with Gasteiger partial charge in [-0.2, -0.15) is 0 Å². The van der Waals surface area contributed by atoms with Gasteiger partial charge >= 0.3 is 7.05 Å². The molecule has 8 aromatic rings. The molecule has 0 saturated heterocycles. The standard InChI is InChI=1S/C35H20BN3O2/c1-5-13-28-21(9-1)22-10-2-6-14-29(22)38(28)35-18-25-23-11-3-7-15-30(23)39-31-17-26-24-12-4-8-16-32(24)40-33(26)19-34(31)41-36(39)27(25)20-37-35/h1-20H. The van der Waals surface area contributed by atoms with Crippen molar-refractivity contribution in [3.63, 3.8) is 0 Å². The first-order chi connectivity index (χ1) is 20.3. The molecule has 6 heteroatoms. The van der Waals surface area contributed by atoms with Gasteiger partial charge < -0.3 is 13.9 Å². The summed E-state index contributed by atoms with van der Waals surface area (Å²) in [5.41, 5.74) is 9.51. The van der Waals surface area contributed by atoms with Crippen molar-refractivity contribution in [2.75, 3.05) is 4.81 Å². The van der Waals surface area contributed by atoms with Crippen LogP contribution in [0.4, 0.5) is 11.4 Å². The lowest BCUT2D eigenvalue weighted by molar-refractivity contribution is 0.599. The molecule has 190 valence electrons. The summed E-state index contributed by atoms with van der Waals surface area (Å²) in [5, 5.41) is 4.64. The van der Waals surface area contributed by atoms with Crippen molar-refractivity contribution in [3.8, 4) is 22.7 Å². The number of fused-ring (bicyclic) bond motifs is 14. The Balaban J connectivity index is 1.20. The van der Waals surface area contributed by atoms with E-state index >= 15 is 0 Å². The highest BCUT2D eigenvalue weighted by atomic mass is 16.5. The molecule has 0 N–H and O–H groups in total. The molecule has 2 aliphatic heterocycles. The number of hydrogen-bond acceptors (Lipinski definition) is 4. The summed E-state index contributed by atoms with van der Waals surface area (Å²) in [7, 11) is -0.313. The van der Waals surface area contributed by atoms with Crippen molar-refractivity contribution < 1.29 is 9.07 Å². The molecular formula is C35H20BN3O2. The molecular weight excluding hydrogens is 505 g/mol. The van der Waals surface area contributed by atoms with Crippen LogP contribution in [-0.2, 0) is 0 Å². The molecule has 0 unspecified atom stereocenters. The Morgan fingerprint density at radius 2 is 1.29 bits per heavy atom. The van der Waals surface area contributed by atoms with E-state index in [9.17, 15) is 0 Å². The van der Waals surface area contributed by atoms with Crippen LogP contribution >= 0.6 is 0 Å². The maximum absolute atomic E-state index is 6.69. The highest BCUT2D eigenvalue weighted by Crippen LogP contribution is 2.49. The van der Waals surface area contributed by atoms with Crippen LogP contribution in [0.1, 0.15) is 0 Å². The van der Waals surface area contributed by atoms with Gasteiger partial charge in [-0.15, -0.1) is 0 Å². The lowest BCUT2D eigenvalue weighted by Gasteiger charge is -2.31. The highest BCUT2D eigenvalue weighted by molar-refractivity contribution is 6.77. The summed E-state index contributed by atoms with van der Waals surface area (Å²) >= 11 is 0. The van der Waals surface area contributed by atoms with Crippen molar-refractivity contribution >= 4 is 67.6 Å². The SMILES string of the molecule is c1ccc2c(c1)-c1cc(-n3c4ccccc4c4ccccc43)ncc1B1Oc3cc4oc5ccccc5c4cc3N12. The zero-order chi connectivity index (χ0) is 26.7. The molecule has 10 rings (SSSR count). The maximum Gasteiger partial charge on any atom is 0.526 e. The fourth-order valence-corrected chi connectivity index (χ4v) is 6.87. The lowest BCUT2D eigenvalue weighted by atomic mass is 9.65. The molecule has 2 aliphatic rings. The number of hydrogen-bond donors (Lipinski definition) is 0. The average Bonchev–Trinajstić information content (AvgIpc) is 3.69. The Morgan fingerprint density at radius 1 is 0.585 bits per heavy atom. The molecule has 0 saturated carbocycles. The smallest absolute Gasteiger partial charge is 0.526 e. The molecule has 0 fully saturated rings. The molecule has 0 amide bonds. The van der Waals surface area contributed by atoms with Crippen LogP contribution in [0.3, 0.4) is 0 Å². The van der Waals surface area contributed by atoms with Gasteiger partial charge in [0.25, 0.3) is 0 Å². The third kappa shape index (κ3) is 2.73. The highest BCUT2D eigenvalue weighted by Gasteiger charge is 2.46. The molecule has 5 nitrogen and oxygen atoms in total. The van der Waals surface area contributed by atoms with Gasteiger partial charge in [-0.3, -0.25) is 4.57 Å². The van der Waals surface area contributed by atoms with E-state index in [1.165, 1.54) is 10.8 Å². The monoisotopic (exact) mass is 525 g/mol. The number of benzene rings is 5. The minimum absolute atomic E-state index is 0.313. The van der Waals surface area contributed by atoms with Crippen LogP contribution in [0.15, 0.2) is 126 Å². The maximum atomic E-state index is 6.69. The number of furan rings is 1. The van der Waals surface area contributed by atoms with Crippen molar-refractivity contribution in [1.82, 2.24) is 9.55 Å². The Hall–Kier alpha value is -5.49. The first kappa shape index (κ1) is 21.4. The van der Waals surface area contributed by atoms with Gasteiger partial charge in [0, 0.05) is 50.5 Å².